The van der Waals surface area contributed by atoms with Gasteiger partial charge in [-0.15, -0.1) is 0 Å². The summed E-state index contributed by atoms with van der Waals surface area (Å²) in [7, 11) is 1.19. The number of nitrogens with two attached hydrogens (primary N) is 1. The molecule has 0 aliphatic heterocycles. The maximum Gasteiger partial charge on any atom is 0.358 e. The molecule has 3 rings (SSSR count). The van der Waals surface area contributed by atoms with Gasteiger partial charge in [-0.05, 0) is 17.5 Å². The summed E-state index contributed by atoms with van der Waals surface area (Å²) >= 11 is 5.87. The van der Waals surface area contributed by atoms with Crippen LogP contribution in [0.15, 0.2) is 30.5 Å². The third kappa shape index (κ3) is 2.17. The van der Waals surface area contributed by atoms with Crippen LogP contribution in [0.4, 0.5) is 10.1 Å². The largest absolute Gasteiger partial charge is 0.464 e. The molecule has 0 fully saturated rings. The summed E-state index contributed by atoms with van der Waals surface area (Å²) in [4.78, 5) is 18.7. The zero-order valence-electron chi connectivity index (χ0n) is 11.5. The van der Waals surface area contributed by atoms with Crippen molar-refractivity contribution in [1.82, 2.24) is 9.97 Å². The number of halogens is 2. The van der Waals surface area contributed by atoms with E-state index in [9.17, 15) is 9.18 Å². The predicted octanol–water partition coefficient (Wildman–Crippen LogP) is 3.39. The molecule has 0 aliphatic rings. The first-order valence-electron chi connectivity index (χ1n) is 6.33. The van der Waals surface area contributed by atoms with Crippen molar-refractivity contribution in [2.75, 3.05) is 12.8 Å². The van der Waals surface area contributed by atoms with Crippen LogP contribution in [0, 0.1) is 5.82 Å². The number of pyridine rings is 1. The minimum absolute atomic E-state index is 0.0567. The maximum atomic E-state index is 14.4. The van der Waals surface area contributed by atoms with E-state index in [1.807, 2.05) is 12.1 Å². The second-order valence-electron chi connectivity index (χ2n) is 4.62. The molecule has 5 nitrogen and oxygen atoms in total. The van der Waals surface area contributed by atoms with Crippen molar-refractivity contribution < 1.29 is 13.9 Å². The fourth-order valence-corrected chi connectivity index (χ4v) is 2.38. The molecule has 0 atom stereocenters. The lowest BCUT2D eigenvalue weighted by atomic mass is 10.1. The Labute approximate surface area is 129 Å². The van der Waals surface area contributed by atoms with E-state index in [0.717, 1.165) is 10.9 Å². The van der Waals surface area contributed by atoms with E-state index in [1.165, 1.54) is 7.11 Å². The number of fused-ring (bicyclic) bond motifs is 1. The van der Waals surface area contributed by atoms with Gasteiger partial charge in [-0.1, -0.05) is 23.7 Å². The number of aromatic nitrogens is 2. The molecule has 1 aromatic carbocycles. The number of H-pyrrole nitrogens is 1. The standard InChI is InChI=1S/C15H11ClFN3O2/c1-22-15(21)14-10(16)12(18)11(17)13(20-14)8-3-2-7-4-5-19-9(7)6-8/h2-6,19H,1H3,(H2,18,20). The number of carbonyl (C=O) groups is 1. The quantitative estimate of drug-likeness (QED) is 0.709. The maximum absolute atomic E-state index is 14.4. The summed E-state index contributed by atoms with van der Waals surface area (Å²) in [5.74, 6) is -1.55. The van der Waals surface area contributed by atoms with Crippen LogP contribution in [0.3, 0.4) is 0 Å². The third-order valence-corrected chi connectivity index (χ3v) is 3.70. The highest BCUT2D eigenvalue weighted by molar-refractivity contribution is 6.35. The summed E-state index contributed by atoms with van der Waals surface area (Å²) in [6.07, 6.45) is 1.77. The summed E-state index contributed by atoms with van der Waals surface area (Å²) in [6, 6.07) is 7.11. The molecule has 0 saturated heterocycles. The molecule has 0 spiro atoms. The molecule has 112 valence electrons. The molecule has 22 heavy (non-hydrogen) atoms. The van der Waals surface area contributed by atoms with Crippen molar-refractivity contribution in [3.63, 3.8) is 0 Å². The van der Waals surface area contributed by atoms with Gasteiger partial charge in [0.25, 0.3) is 0 Å². The highest BCUT2D eigenvalue weighted by atomic mass is 35.5. The fraction of sp³-hybridized carbons (Fsp3) is 0.0667. The van der Waals surface area contributed by atoms with E-state index in [0.29, 0.717) is 5.56 Å². The van der Waals surface area contributed by atoms with Gasteiger partial charge in [-0.2, -0.15) is 0 Å². The van der Waals surface area contributed by atoms with Crippen LogP contribution in [-0.2, 0) is 4.74 Å². The van der Waals surface area contributed by atoms with Crippen molar-refractivity contribution in [1.29, 1.82) is 0 Å². The number of aromatic amines is 1. The SMILES string of the molecule is COC(=O)c1nc(-c2ccc3cc[nH]c3c2)c(F)c(N)c1Cl. The summed E-state index contributed by atoms with van der Waals surface area (Å²) in [5.41, 5.74) is 6.32. The first-order valence-corrected chi connectivity index (χ1v) is 6.71. The third-order valence-electron chi connectivity index (χ3n) is 3.32. The first kappa shape index (κ1) is 14.3. The number of methoxy groups -OCH3 is 1. The van der Waals surface area contributed by atoms with Gasteiger partial charge in [0.1, 0.15) is 5.69 Å². The van der Waals surface area contributed by atoms with Crippen molar-refractivity contribution in [2.45, 2.75) is 0 Å². The molecular weight excluding hydrogens is 309 g/mol. The van der Waals surface area contributed by atoms with E-state index in [2.05, 4.69) is 14.7 Å². The topological polar surface area (TPSA) is 81.0 Å². The van der Waals surface area contributed by atoms with Crippen LogP contribution in [-0.4, -0.2) is 23.0 Å². The van der Waals surface area contributed by atoms with Crippen molar-refractivity contribution >= 4 is 34.2 Å². The van der Waals surface area contributed by atoms with Crippen LogP contribution in [0.2, 0.25) is 5.02 Å². The average molecular weight is 320 g/mol. The molecule has 0 radical (unpaired) electrons. The number of anilines is 1. The van der Waals surface area contributed by atoms with Crippen LogP contribution in [0.1, 0.15) is 10.5 Å². The molecule has 0 saturated carbocycles. The van der Waals surface area contributed by atoms with Crippen molar-refractivity contribution in [3.05, 3.63) is 47.0 Å². The van der Waals surface area contributed by atoms with Gasteiger partial charge in [-0.3, -0.25) is 0 Å². The fourth-order valence-electron chi connectivity index (χ4n) is 2.18. The molecule has 7 heteroatoms. The first-order chi connectivity index (χ1) is 10.5. The molecule has 0 aliphatic carbocycles. The molecule has 2 aromatic heterocycles. The van der Waals surface area contributed by atoms with Gasteiger partial charge in [0.05, 0.1) is 17.8 Å². The number of hydrogen-bond acceptors (Lipinski definition) is 4. The van der Waals surface area contributed by atoms with Crippen LogP contribution in [0.25, 0.3) is 22.2 Å². The zero-order valence-corrected chi connectivity index (χ0v) is 12.2. The van der Waals surface area contributed by atoms with Crippen molar-refractivity contribution in [2.24, 2.45) is 0 Å². The average Bonchev–Trinajstić information content (AvgIpc) is 2.99. The Kier molecular flexibility index (Phi) is 3.46. The Morgan fingerprint density at radius 1 is 1.41 bits per heavy atom. The number of ether oxygens (including phenoxy) is 1. The Hall–Kier alpha value is -2.60. The van der Waals surface area contributed by atoms with Gasteiger partial charge in [0.15, 0.2) is 11.5 Å². The molecule has 3 aromatic rings. The number of nitrogens with zero attached hydrogens (tertiary/aromatic N) is 1. The smallest absolute Gasteiger partial charge is 0.358 e. The summed E-state index contributed by atoms with van der Waals surface area (Å²) < 4.78 is 19.0. The number of benzene rings is 1. The number of rotatable bonds is 2. The number of carbonyl (C=O) groups excluding carboxylic acids is 1. The van der Waals surface area contributed by atoms with Crippen LogP contribution >= 0.6 is 11.6 Å². The van der Waals surface area contributed by atoms with E-state index in [1.54, 1.807) is 18.3 Å². The lowest BCUT2D eigenvalue weighted by molar-refractivity contribution is 0.0594. The van der Waals surface area contributed by atoms with Crippen LogP contribution < -0.4 is 5.73 Å². The van der Waals surface area contributed by atoms with Crippen molar-refractivity contribution in [3.8, 4) is 11.3 Å². The Balaban J connectivity index is 2.25. The van der Waals surface area contributed by atoms with Gasteiger partial charge >= 0.3 is 5.97 Å². The van der Waals surface area contributed by atoms with Gasteiger partial charge < -0.3 is 15.5 Å². The number of esters is 1. The van der Waals surface area contributed by atoms with Gasteiger partial charge in [-0.25, -0.2) is 14.2 Å². The van der Waals surface area contributed by atoms with E-state index < -0.39 is 11.8 Å². The zero-order chi connectivity index (χ0) is 15.9. The van der Waals surface area contributed by atoms with E-state index in [4.69, 9.17) is 17.3 Å². The van der Waals surface area contributed by atoms with Crippen LogP contribution in [0.5, 0.6) is 0 Å². The highest BCUT2D eigenvalue weighted by Crippen LogP contribution is 2.33. The molecule has 3 N–H and O–H groups in total. The molecule has 0 amide bonds. The molecule has 2 heterocycles. The molecular formula is C15H11ClFN3O2. The van der Waals surface area contributed by atoms with Gasteiger partial charge in [0, 0.05) is 17.3 Å². The minimum atomic E-state index is -0.779. The minimum Gasteiger partial charge on any atom is -0.464 e. The Morgan fingerprint density at radius 2 is 2.18 bits per heavy atom. The normalized spacial score (nSPS) is 10.9. The highest BCUT2D eigenvalue weighted by Gasteiger charge is 2.22. The number of hydrogen-bond donors (Lipinski definition) is 2. The summed E-state index contributed by atoms with van der Waals surface area (Å²) in [6.45, 7) is 0. The van der Waals surface area contributed by atoms with E-state index >= 15 is 0 Å². The second-order valence-corrected chi connectivity index (χ2v) is 5.00. The van der Waals surface area contributed by atoms with Gasteiger partial charge in [0.2, 0.25) is 0 Å². The Morgan fingerprint density at radius 3 is 2.91 bits per heavy atom. The second kappa shape index (κ2) is 5.31. The predicted molar refractivity (Wildman–Crippen MR) is 82.2 cm³/mol. The Bertz CT molecular complexity index is 892. The van der Waals surface area contributed by atoms with E-state index in [-0.39, 0.29) is 22.1 Å². The monoisotopic (exact) mass is 319 g/mol. The summed E-state index contributed by atoms with van der Waals surface area (Å²) in [5, 5.41) is 0.716. The number of nitrogens with one attached hydrogen (secondary N) is 1. The molecule has 0 bridgehead atoms. The molecule has 0 unspecified atom stereocenters. The lowest BCUT2D eigenvalue weighted by Crippen LogP contribution is -2.10. The lowest BCUT2D eigenvalue weighted by Gasteiger charge is -2.10. The number of nitrogen functional groups attached to an aromatic ring is 1.